The summed E-state index contributed by atoms with van der Waals surface area (Å²) >= 11 is 0. The molecule has 0 saturated heterocycles. The third-order valence-corrected chi connectivity index (χ3v) is 3.66. The van der Waals surface area contributed by atoms with Gasteiger partial charge in [0.25, 0.3) is 5.91 Å². The number of nitrogens with one attached hydrogen (secondary N) is 3. The lowest BCUT2D eigenvalue weighted by molar-refractivity contribution is -0.117. The number of nitrogens with zero attached hydrogens (tertiary/aromatic N) is 1. The molecule has 0 heterocycles. The van der Waals surface area contributed by atoms with E-state index in [9.17, 15) is 9.59 Å². The molecule has 1 unspecified atom stereocenters. The van der Waals surface area contributed by atoms with E-state index in [4.69, 9.17) is 10.00 Å². The Labute approximate surface area is 154 Å². The molecule has 0 saturated carbocycles. The number of nitriles is 1. The van der Waals surface area contributed by atoms with Crippen LogP contribution >= 0.6 is 0 Å². The summed E-state index contributed by atoms with van der Waals surface area (Å²) in [4.78, 5) is 23.3. The van der Waals surface area contributed by atoms with E-state index >= 15 is 0 Å². The lowest BCUT2D eigenvalue weighted by Crippen LogP contribution is -2.32. The number of hydrogen-bond acceptors (Lipinski definition) is 5. The van der Waals surface area contributed by atoms with Crippen molar-refractivity contribution in [2.45, 2.75) is 33.2 Å². The molecule has 0 aliphatic rings. The van der Waals surface area contributed by atoms with Crippen molar-refractivity contribution in [3.8, 4) is 6.07 Å². The van der Waals surface area contributed by atoms with Gasteiger partial charge in [-0.3, -0.25) is 4.79 Å². The van der Waals surface area contributed by atoms with Crippen LogP contribution in [0.3, 0.4) is 0 Å². The summed E-state index contributed by atoms with van der Waals surface area (Å²) in [6.07, 6.45) is 1.80. The number of amides is 2. The first kappa shape index (κ1) is 21.0. The standard InChI is InChI=1S/C19H26N4O3/c1-4-15-6-8-16(9-7-15)14(3)23-18(24)17(12-20)13-21-10-11-22-19(25)26-5-2/h6-9,13-14,21H,4-5,10-11H2,1-3H3,(H,22,25)(H,23,24)/b17-13-. The molecule has 3 N–H and O–H groups in total. The van der Waals surface area contributed by atoms with Crippen LogP contribution in [0.15, 0.2) is 36.0 Å². The van der Waals surface area contributed by atoms with Crippen LogP contribution in [0.1, 0.15) is 37.9 Å². The van der Waals surface area contributed by atoms with Gasteiger partial charge in [-0.25, -0.2) is 4.79 Å². The fourth-order valence-electron chi connectivity index (χ4n) is 2.14. The summed E-state index contributed by atoms with van der Waals surface area (Å²) < 4.78 is 4.72. The topological polar surface area (TPSA) is 103 Å². The van der Waals surface area contributed by atoms with Crippen LogP contribution in [0.2, 0.25) is 0 Å². The van der Waals surface area contributed by atoms with Crippen molar-refractivity contribution in [3.05, 3.63) is 47.2 Å². The van der Waals surface area contributed by atoms with Crippen LogP contribution in [0.5, 0.6) is 0 Å². The molecule has 2 amide bonds. The van der Waals surface area contributed by atoms with E-state index in [1.807, 2.05) is 37.3 Å². The average Bonchev–Trinajstić information content (AvgIpc) is 2.64. The number of alkyl carbamates (subject to hydrolysis) is 1. The van der Waals surface area contributed by atoms with Gasteiger partial charge in [0, 0.05) is 19.3 Å². The molecule has 0 radical (unpaired) electrons. The zero-order valence-electron chi connectivity index (χ0n) is 15.5. The molecule has 0 spiro atoms. The Kier molecular flexibility index (Phi) is 9.33. The Balaban J connectivity index is 2.48. The molecular formula is C19H26N4O3. The van der Waals surface area contributed by atoms with E-state index in [0.29, 0.717) is 19.7 Å². The minimum Gasteiger partial charge on any atom is -0.450 e. The highest BCUT2D eigenvalue weighted by molar-refractivity contribution is 5.97. The van der Waals surface area contributed by atoms with Crippen molar-refractivity contribution >= 4 is 12.0 Å². The average molecular weight is 358 g/mol. The minimum absolute atomic E-state index is 0.0295. The molecule has 7 heteroatoms. The normalized spacial score (nSPS) is 11.8. The van der Waals surface area contributed by atoms with Crippen molar-refractivity contribution in [2.24, 2.45) is 0 Å². The second-order valence-electron chi connectivity index (χ2n) is 5.56. The maximum Gasteiger partial charge on any atom is 0.407 e. The van der Waals surface area contributed by atoms with E-state index in [1.165, 1.54) is 11.8 Å². The zero-order chi connectivity index (χ0) is 19.4. The maximum atomic E-state index is 12.2. The quantitative estimate of drug-likeness (QED) is 0.357. The summed E-state index contributed by atoms with van der Waals surface area (Å²) in [5, 5.41) is 17.3. The van der Waals surface area contributed by atoms with Gasteiger partial charge in [0.1, 0.15) is 11.6 Å². The predicted molar refractivity (Wildman–Crippen MR) is 99.1 cm³/mol. The molecule has 1 atom stereocenters. The first-order chi connectivity index (χ1) is 12.5. The van der Waals surface area contributed by atoms with Crippen molar-refractivity contribution in [1.82, 2.24) is 16.0 Å². The fourth-order valence-corrected chi connectivity index (χ4v) is 2.14. The smallest absolute Gasteiger partial charge is 0.407 e. The van der Waals surface area contributed by atoms with Gasteiger partial charge in [0.2, 0.25) is 0 Å². The molecule has 140 valence electrons. The predicted octanol–water partition coefficient (Wildman–Crippen LogP) is 2.17. The summed E-state index contributed by atoms with van der Waals surface area (Å²) in [6, 6.07) is 9.65. The molecule has 0 aliphatic heterocycles. The van der Waals surface area contributed by atoms with E-state index in [0.717, 1.165) is 12.0 Å². The number of benzene rings is 1. The van der Waals surface area contributed by atoms with E-state index in [-0.39, 0.29) is 11.6 Å². The number of carbonyl (C=O) groups excluding carboxylic acids is 2. The highest BCUT2D eigenvalue weighted by atomic mass is 16.5. The lowest BCUT2D eigenvalue weighted by Gasteiger charge is -2.14. The van der Waals surface area contributed by atoms with Gasteiger partial charge in [0.05, 0.1) is 12.6 Å². The molecule has 1 rings (SSSR count). The zero-order valence-corrected chi connectivity index (χ0v) is 15.5. The summed E-state index contributed by atoms with van der Waals surface area (Å²) in [5.74, 6) is -0.453. The molecule has 1 aromatic rings. The largest absolute Gasteiger partial charge is 0.450 e. The molecule has 0 aromatic heterocycles. The minimum atomic E-state index is -0.501. The first-order valence-electron chi connectivity index (χ1n) is 8.65. The summed E-state index contributed by atoms with van der Waals surface area (Å²) in [5.41, 5.74) is 2.17. The van der Waals surface area contributed by atoms with Crippen LogP contribution in [-0.2, 0) is 16.0 Å². The van der Waals surface area contributed by atoms with Crippen molar-refractivity contribution in [2.75, 3.05) is 19.7 Å². The van der Waals surface area contributed by atoms with Gasteiger partial charge in [-0.2, -0.15) is 5.26 Å². The number of hydrogen-bond donors (Lipinski definition) is 3. The van der Waals surface area contributed by atoms with Crippen LogP contribution in [0.4, 0.5) is 4.79 Å². The molecule has 7 nitrogen and oxygen atoms in total. The van der Waals surface area contributed by atoms with E-state index < -0.39 is 12.0 Å². The third kappa shape index (κ3) is 7.26. The second-order valence-corrected chi connectivity index (χ2v) is 5.56. The molecule has 0 fully saturated rings. The van der Waals surface area contributed by atoms with Gasteiger partial charge in [-0.1, -0.05) is 31.2 Å². The van der Waals surface area contributed by atoms with Gasteiger partial charge in [-0.05, 0) is 31.4 Å². The van der Waals surface area contributed by atoms with Gasteiger partial charge >= 0.3 is 6.09 Å². The maximum absolute atomic E-state index is 12.2. The lowest BCUT2D eigenvalue weighted by atomic mass is 10.0. The van der Waals surface area contributed by atoms with Crippen LogP contribution in [0, 0.1) is 11.3 Å². The van der Waals surface area contributed by atoms with Crippen LogP contribution in [-0.4, -0.2) is 31.7 Å². The molecule has 0 bridgehead atoms. The monoisotopic (exact) mass is 358 g/mol. The van der Waals surface area contributed by atoms with E-state index in [2.05, 4.69) is 22.9 Å². The number of ether oxygens (including phenoxy) is 1. The SMILES string of the molecule is CCOC(=O)NCCN/C=C(/C#N)C(=O)NC(C)c1ccc(CC)cc1. The summed E-state index contributed by atoms with van der Waals surface area (Å²) in [6.45, 7) is 6.65. The molecule has 26 heavy (non-hydrogen) atoms. The van der Waals surface area contributed by atoms with Crippen molar-refractivity contribution < 1.29 is 14.3 Å². The Morgan fingerprint density at radius 2 is 1.92 bits per heavy atom. The number of rotatable bonds is 9. The molecular weight excluding hydrogens is 332 g/mol. The second kappa shape index (κ2) is 11.5. The fraction of sp³-hybridized carbons (Fsp3) is 0.421. The highest BCUT2D eigenvalue weighted by Gasteiger charge is 2.13. The Morgan fingerprint density at radius 1 is 1.23 bits per heavy atom. The Hall–Kier alpha value is -3.01. The van der Waals surface area contributed by atoms with Gasteiger partial charge in [0.15, 0.2) is 0 Å². The van der Waals surface area contributed by atoms with Crippen molar-refractivity contribution in [3.63, 3.8) is 0 Å². The number of aryl methyl sites for hydroxylation is 1. The van der Waals surface area contributed by atoms with E-state index in [1.54, 1.807) is 6.92 Å². The number of carbonyl (C=O) groups is 2. The van der Waals surface area contributed by atoms with Crippen LogP contribution < -0.4 is 16.0 Å². The van der Waals surface area contributed by atoms with Crippen LogP contribution in [0.25, 0.3) is 0 Å². The summed E-state index contributed by atoms with van der Waals surface area (Å²) in [7, 11) is 0. The Bertz CT molecular complexity index is 662. The third-order valence-electron chi connectivity index (χ3n) is 3.66. The molecule has 0 aliphatic carbocycles. The Morgan fingerprint density at radius 3 is 2.50 bits per heavy atom. The highest BCUT2D eigenvalue weighted by Crippen LogP contribution is 2.14. The van der Waals surface area contributed by atoms with Crippen molar-refractivity contribution in [1.29, 1.82) is 5.26 Å². The van der Waals surface area contributed by atoms with Gasteiger partial charge < -0.3 is 20.7 Å². The van der Waals surface area contributed by atoms with Gasteiger partial charge in [-0.15, -0.1) is 0 Å². The first-order valence-corrected chi connectivity index (χ1v) is 8.65. The molecule has 1 aromatic carbocycles.